The van der Waals surface area contributed by atoms with Crippen LogP contribution in [0.4, 0.5) is 4.79 Å². The molecule has 0 radical (unpaired) electrons. The lowest BCUT2D eigenvalue weighted by atomic mass is 9.82. The SMILES string of the molecule is C=CC[C@@]1(C(=O)OC)C[C@@H]2CCCC[C@@H]2N1C(=O)OC(C)(C)C. The molecule has 1 aliphatic carbocycles. The van der Waals surface area contributed by atoms with Gasteiger partial charge in [0, 0.05) is 6.04 Å². The summed E-state index contributed by atoms with van der Waals surface area (Å²) in [6, 6.07) is 0.0534. The third kappa shape index (κ3) is 3.38. The Balaban J connectivity index is 2.41. The molecule has 2 fully saturated rings. The van der Waals surface area contributed by atoms with Crippen molar-refractivity contribution >= 4 is 12.1 Å². The van der Waals surface area contributed by atoms with Crippen LogP contribution in [0.1, 0.15) is 59.3 Å². The maximum Gasteiger partial charge on any atom is 0.411 e. The number of carbonyl (C=O) groups excluding carboxylic acids is 2. The molecule has 5 nitrogen and oxygen atoms in total. The van der Waals surface area contributed by atoms with Gasteiger partial charge < -0.3 is 9.47 Å². The Morgan fingerprint density at radius 3 is 2.52 bits per heavy atom. The predicted molar refractivity (Wildman–Crippen MR) is 88.0 cm³/mol. The Hall–Kier alpha value is -1.52. The first-order chi connectivity index (χ1) is 10.7. The number of esters is 1. The Morgan fingerprint density at radius 1 is 1.30 bits per heavy atom. The molecular formula is C18H29NO4. The van der Waals surface area contributed by atoms with E-state index in [1.807, 2.05) is 20.8 Å². The highest BCUT2D eigenvalue weighted by atomic mass is 16.6. The van der Waals surface area contributed by atoms with Crippen LogP contribution >= 0.6 is 0 Å². The fourth-order valence-electron chi connectivity index (χ4n) is 4.11. The van der Waals surface area contributed by atoms with Crippen LogP contribution < -0.4 is 0 Å². The molecule has 0 aromatic heterocycles. The van der Waals surface area contributed by atoms with Crippen molar-refractivity contribution in [1.82, 2.24) is 4.90 Å². The van der Waals surface area contributed by atoms with Gasteiger partial charge in [-0.15, -0.1) is 6.58 Å². The van der Waals surface area contributed by atoms with Gasteiger partial charge in [-0.25, -0.2) is 9.59 Å². The molecule has 1 aliphatic heterocycles. The van der Waals surface area contributed by atoms with E-state index in [4.69, 9.17) is 9.47 Å². The second-order valence-corrected chi connectivity index (χ2v) is 7.68. The van der Waals surface area contributed by atoms with E-state index < -0.39 is 17.2 Å². The van der Waals surface area contributed by atoms with E-state index in [0.717, 1.165) is 25.7 Å². The molecule has 1 amide bonds. The highest BCUT2D eigenvalue weighted by Gasteiger charge is 2.59. The van der Waals surface area contributed by atoms with Crippen molar-refractivity contribution < 1.29 is 19.1 Å². The molecule has 0 aromatic rings. The molecule has 0 N–H and O–H groups in total. The second kappa shape index (κ2) is 6.54. The predicted octanol–water partition coefficient (Wildman–Crippen LogP) is 3.67. The van der Waals surface area contributed by atoms with Gasteiger partial charge in [0.25, 0.3) is 0 Å². The van der Waals surface area contributed by atoms with E-state index in [9.17, 15) is 9.59 Å². The summed E-state index contributed by atoms with van der Waals surface area (Å²) in [6.45, 7) is 9.30. The van der Waals surface area contributed by atoms with Crippen LogP contribution in [-0.2, 0) is 14.3 Å². The number of rotatable bonds is 3. The summed E-state index contributed by atoms with van der Waals surface area (Å²) < 4.78 is 10.7. The van der Waals surface area contributed by atoms with Crippen LogP contribution in [-0.4, -0.2) is 41.3 Å². The van der Waals surface area contributed by atoms with Crippen molar-refractivity contribution in [3.8, 4) is 0 Å². The lowest BCUT2D eigenvalue weighted by Gasteiger charge is -2.39. The average Bonchev–Trinajstić information content (AvgIpc) is 2.80. The van der Waals surface area contributed by atoms with E-state index in [-0.39, 0.29) is 12.0 Å². The van der Waals surface area contributed by atoms with Gasteiger partial charge in [0.15, 0.2) is 0 Å². The van der Waals surface area contributed by atoms with Crippen LogP contribution in [0.2, 0.25) is 0 Å². The van der Waals surface area contributed by atoms with Crippen molar-refractivity contribution in [2.24, 2.45) is 5.92 Å². The monoisotopic (exact) mass is 323 g/mol. The quantitative estimate of drug-likeness (QED) is 0.587. The Bertz CT molecular complexity index is 482. The zero-order chi connectivity index (χ0) is 17.3. The van der Waals surface area contributed by atoms with Crippen LogP contribution in [0.25, 0.3) is 0 Å². The average molecular weight is 323 g/mol. The second-order valence-electron chi connectivity index (χ2n) is 7.68. The Morgan fingerprint density at radius 2 is 1.96 bits per heavy atom. The molecule has 5 heteroatoms. The fraction of sp³-hybridized carbons (Fsp3) is 0.778. The van der Waals surface area contributed by atoms with Gasteiger partial charge in [-0.05, 0) is 52.4 Å². The van der Waals surface area contributed by atoms with E-state index in [2.05, 4.69) is 6.58 Å². The van der Waals surface area contributed by atoms with Crippen LogP contribution in [0.5, 0.6) is 0 Å². The van der Waals surface area contributed by atoms with Crippen molar-refractivity contribution in [3.05, 3.63) is 12.7 Å². The summed E-state index contributed by atoms with van der Waals surface area (Å²) >= 11 is 0. The van der Waals surface area contributed by atoms with Crippen molar-refractivity contribution in [2.75, 3.05) is 7.11 Å². The molecule has 0 aromatic carbocycles. The van der Waals surface area contributed by atoms with Gasteiger partial charge in [0.05, 0.1) is 7.11 Å². The van der Waals surface area contributed by atoms with Crippen molar-refractivity contribution in [1.29, 1.82) is 0 Å². The molecule has 0 unspecified atom stereocenters. The summed E-state index contributed by atoms with van der Waals surface area (Å²) in [5.41, 5.74) is -1.57. The van der Waals surface area contributed by atoms with E-state index in [1.165, 1.54) is 7.11 Å². The molecule has 0 bridgehead atoms. The van der Waals surface area contributed by atoms with E-state index >= 15 is 0 Å². The van der Waals surface area contributed by atoms with Crippen LogP contribution in [0, 0.1) is 5.92 Å². The minimum absolute atomic E-state index is 0.0534. The Labute approximate surface area is 139 Å². The molecular weight excluding hydrogens is 294 g/mol. The number of hydrogen-bond donors (Lipinski definition) is 0. The minimum Gasteiger partial charge on any atom is -0.467 e. The molecule has 1 heterocycles. The smallest absolute Gasteiger partial charge is 0.411 e. The number of amides is 1. The van der Waals surface area contributed by atoms with Crippen molar-refractivity contribution in [2.45, 2.75) is 76.5 Å². The molecule has 1 saturated heterocycles. The van der Waals surface area contributed by atoms with E-state index in [1.54, 1.807) is 11.0 Å². The summed E-state index contributed by atoms with van der Waals surface area (Å²) in [4.78, 5) is 27.2. The topological polar surface area (TPSA) is 55.8 Å². The van der Waals surface area contributed by atoms with Gasteiger partial charge >= 0.3 is 12.1 Å². The van der Waals surface area contributed by atoms with Gasteiger partial charge in [-0.3, -0.25) is 4.90 Å². The van der Waals surface area contributed by atoms with Gasteiger partial charge in [-0.2, -0.15) is 0 Å². The summed E-state index contributed by atoms with van der Waals surface area (Å²) in [5.74, 6) is -0.0343. The van der Waals surface area contributed by atoms with Crippen molar-refractivity contribution in [3.63, 3.8) is 0 Å². The summed E-state index contributed by atoms with van der Waals surface area (Å²) in [5, 5.41) is 0. The largest absolute Gasteiger partial charge is 0.467 e. The molecule has 23 heavy (non-hydrogen) atoms. The molecule has 0 spiro atoms. The maximum absolute atomic E-state index is 12.9. The third-order valence-corrected chi connectivity index (χ3v) is 4.90. The third-order valence-electron chi connectivity index (χ3n) is 4.90. The van der Waals surface area contributed by atoms with Gasteiger partial charge in [-0.1, -0.05) is 18.9 Å². The number of hydrogen-bond acceptors (Lipinski definition) is 4. The van der Waals surface area contributed by atoms with Crippen LogP contribution in [0.15, 0.2) is 12.7 Å². The molecule has 130 valence electrons. The fourth-order valence-corrected chi connectivity index (χ4v) is 4.11. The number of ether oxygens (including phenoxy) is 2. The number of fused-ring (bicyclic) bond motifs is 1. The zero-order valence-electron chi connectivity index (χ0n) is 14.8. The van der Waals surface area contributed by atoms with E-state index in [0.29, 0.717) is 18.8 Å². The highest BCUT2D eigenvalue weighted by molar-refractivity contribution is 5.87. The number of nitrogens with zero attached hydrogens (tertiary/aromatic N) is 1. The normalized spacial score (nSPS) is 30.5. The number of carbonyl (C=O) groups is 2. The highest BCUT2D eigenvalue weighted by Crippen LogP contribution is 2.48. The maximum atomic E-state index is 12.9. The molecule has 2 aliphatic rings. The molecule has 1 saturated carbocycles. The first kappa shape index (κ1) is 17.8. The van der Waals surface area contributed by atoms with Gasteiger partial charge in [0.1, 0.15) is 11.1 Å². The summed E-state index contributed by atoms with van der Waals surface area (Å²) in [6.07, 6.45) is 6.49. The molecule has 2 rings (SSSR count). The lowest BCUT2D eigenvalue weighted by molar-refractivity contribution is -0.154. The Kier molecular flexibility index (Phi) is 5.07. The minimum atomic E-state index is -0.974. The first-order valence-electron chi connectivity index (χ1n) is 8.47. The first-order valence-corrected chi connectivity index (χ1v) is 8.47. The standard InChI is InChI=1S/C18H29NO4/c1-6-11-18(15(20)22-5)12-13-9-7-8-10-14(13)19(18)16(21)23-17(2,3)4/h6,13-14H,1,7-12H2,2-5H3/t13-,14-,18-/m0/s1. The molecule has 3 atom stereocenters. The van der Waals surface area contributed by atoms with Gasteiger partial charge in [0.2, 0.25) is 0 Å². The summed E-state index contributed by atoms with van der Waals surface area (Å²) in [7, 11) is 1.38. The zero-order valence-corrected chi connectivity index (χ0v) is 14.8. The van der Waals surface area contributed by atoms with Crippen LogP contribution in [0.3, 0.4) is 0 Å². The number of methoxy groups -OCH3 is 1. The lowest BCUT2D eigenvalue weighted by Crippen LogP contribution is -2.57. The number of likely N-dealkylation sites (tertiary alicyclic amines) is 1.